The summed E-state index contributed by atoms with van der Waals surface area (Å²) in [7, 11) is 3.61. The monoisotopic (exact) mass is 516 g/mol. The van der Waals surface area contributed by atoms with E-state index in [2.05, 4.69) is 25.9 Å². The maximum Gasteiger partial charge on any atom is 0.252 e. The SMILES string of the molecule is CCNC(=NCC1(C(=O)N(C)C)CCCC1)NCCNC(=O)c1cccnc1.I. The summed E-state index contributed by atoms with van der Waals surface area (Å²) in [4.78, 5) is 35.0. The van der Waals surface area contributed by atoms with E-state index in [1.54, 1.807) is 37.3 Å². The first kappa shape index (κ1) is 25.1. The molecule has 0 aromatic carbocycles. The molecular weight excluding hydrogens is 483 g/mol. The lowest BCUT2D eigenvalue weighted by Gasteiger charge is -2.29. The topological polar surface area (TPSA) is 98.7 Å². The second-order valence-electron chi connectivity index (χ2n) is 7.31. The van der Waals surface area contributed by atoms with E-state index in [4.69, 9.17) is 0 Å². The maximum absolute atomic E-state index is 12.7. The summed E-state index contributed by atoms with van der Waals surface area (Å²) in [5.74, 6) is 0.669. The standard InChI is InChI=1S/C20H32N6O2.HI/c1-4-22-19(24-13-12-23-17(27)16-8-7-11-21-14-16)25-15-20(9-5-6-10-20)18(28)26(2)3;/h7-8,11,14H,4-6,9-10,12-13,15H2,1-3H3,(H,23,27)(H2,22,24,25);1H. The molecule has 1 aromatic rings. The number of hydrogen-bond acceptors (Lipinski definition) is 4. The summed E-state index contributed by atoms with van der Waals surface area (Å²) >= 11 is 0. The fourth-order valence-electron chi connectivity index (χ4n) is 3.49. The Morgan fingerprint density at radius 2 is 1.86 bits per heavy atom. The van der Waals surface area contributed by atoms with Crippen LogP contribution in [0.15, 0.2) is 29.5 Å². The van der Waals surface area contributed by atoms with Gasteiger partial charge in [-0.25, -0.2) is 0 Å². The average Bonchev–Trinajstić information content (AvgIpc) is 3.19. The molecule has 8 nitrogen and oxygen atoms in total. The normalized spacial score (nSPS) is 15.2. The number of halogens is 1. The van der Waals surface area contributed by atoms with E-state index < -0.39 is 0 Å². The lowest BCUT2D eigenvalue weighted by molar-refractivity contribution is -0.138. The number of rotatable bonds is 8. The van der Waals surface area contributed by atoms with Gasteiger partial charge >= 0.3 is 0 Å². The number of amides is 2. The van der Waals surface area contributed by atoms with Gasteiger partial charge < -0.3 is 20.9 Å². The molecule has 1 saturated carbocycles. The molecule has 0 atom stereocenters. The van der Waals surface area contributed by atoms with Crippen LogP contribution in [0.2, 0.25) is 0 Å². The number of nitrogens with zero attached hydrogens (tertiary/aromatic N) is 3. The van der Waals surface area contributed by atoms with Crippen molar-refractivity contribution >= 4 is 41.8 Å². The Bertz CT molecular complexity index is 675. The third-order valence-corrected chi connectivity index (χ3v) is 4.93. The summed E-state index contributed by atoms with van der Waals surface area (Å²) in [6.07, 6.45) is 7.08. The lowest BCUT2D eigenvalue weighted by atomic mass is 9.85. The van der Waals surface area contributed by atoms with E-state index in [0.717, 1.165) is 32.2 Å². The zero-order valence-electron chi connectivity index (χ0n) is 17.5. The van der Waals surface area contributed by atoms with Crippen molar-refractivity contribution < 1.29 is 9.59 Å². The van der Waals surface area contributed by atoms with E-state index >= 15 is 0 Å². The fraction of sp³-hybridized carbons (Fsp3) is 0.600. The second-order valence-corrected chi connectivity index (χ2v) is 7.31. The van der Waals surface area contributed by atoms with E-state index in [0.29, 0.717) is 31.2 Å². The number of pyridine rings is 1. The molecule has 9 heteroatoms. The Labute approximate surface area is 190 Å². The van der Waals surface area contributed by atoms with Crippen LogP contribution in [0.1, 0.15) is 43.0 Å². The van der Waals surface area contributed by atoms with Crippen LogP contribution in [-0.2, 0) is 4.79 Å². The third kappa shape index (κ3) is 7.45. The summed E-state index contributed by atoms with van der Waals surface area (Å²) in [5, 5.41) is 9.27. The molecule has 1 aliphatic carbocycles. The van der Waals surface area contributed by atoms with Gasteiger partial charge in [-0.2, -0.15) is 0 Å². The fourth-order valence-corrected chi connectivity index (χ4v) is 3.49. The van der Waals surface area contributed by atoms with Crippen molar-refractivity contribution in [3.8, 4) is 0 Å². The molecule has 0 bridgehead atoms. The van der Waals surface area contributed by atoms with Crippen LogP contribution < -0.4 is 16.0 Å². The van der Waals surface area contributed by atoms with Gasteiger partial charge in [-0.15, -0.1) is 24.0 Å². The van der Waals surface area contributed by atoms with Crippen molar-refractivity contribution in [3.63, 3.8) is 0 Å². The van der Waals surface area contributed by atoms with Crippen LogP contribution in [0.4, 0.5) is 0 Å². The van der Waals surface area contributed by atoms with E-state index in [-0.39, 0.29) is 41.2 Å². The minimum Gasteiger partial charge on any atom is -0.357 e. The highest BCUT2D eigenvalue weighted by Gasteiger charge is 2.42. The molecule has 1 aliphatic rings. The number of aliphatic imine (C=N–C) groups is 1. The van der Waals surface area contributed by atoms with Crippen LogP contribution in [0.25, 0.3) is 0 Å². The molecule has 2 rings (SSSR count). The largest absolute Gasteiger partial charge is 0.357 e. The van der Waals surface area contributed by atoms with Crippen LogP contribution in [-0.4, -0.2) is 67.9 Å². The van der Waals surface area contributed by atoms with E-state index in [1.165, 1.54) is 6.20 Å². The van der Waals surface area contributed by atoms with Gasteiger partial charge in [0.2, 0.25) is 5.91 Å². The quantitative estimate of drug-likeness (QED) is 0.211. The Morgan fingerprint density at radius 1 is 1.17 bits per heavy atom. The molecule has 3 N–H and O–H groups in total. The Kier molecular flexibility index (Phi) is 10.9. The van der Waals surface area contributed by atoms with Crippen LogP contribution >= 0.6 is 24.0 Å². The molecule has 2 amide bonds. The van der Waals surface area contributed by atoms with Gasteiger partial charge in [-0.05, 0) is 31.9 Å². The molecule has 0 aliphatic heterocycles. The van der Waals surface area contributed by atoms with Crippen molar-refractivity contribution in [3.05, 3.63) is 30.1 Å². The maximum atomic E-state index is 12.7. The molecular formula is C20H33IN6O2. The highest BCUT2D eigenvalue weighted by atomic mass is 127. The number of nitrogens with one attached hydrogen (secondary N) is 3. The van der Waals surface area contributed by atoms with Gasteiger partial charge in [0.05, 0.1) is 17.5 Å². The number of carbonyl (C=O) groups excluding carboxylic acids is 2. The first-order chi connectivity index (χ1) is 13.5. The van der Waals surface area contributed by atoms with Crippen molar-refractivity contribution in [1.82, 2.24) is 25.8 Å². The predicted octanol–water partition coefficient (Wildman–Crippen LogP) is 1.63. The van der Waals surface area contributed by atoms with Gasteiger partial charge in [0, 0.05) is 46.1 Å². The van der Waals surface area contributed by atoms with Gasteiger partial charge in [0.25, 0.3) is 5.91 Å². The minimum absolute atomic E-state index is 0. The summed E-state index contributed by atoms with van der Waals surface area (Å²) in [6.45, 7) is 4.19. The number of hydrogen-bond donors (Lipinski definition) is 3. The van der Waals surface area contributed by atoms with E-state index in [9.17, 15) is 9.59 Å². The molecule has 0 radical (unpaired) electrons. The highest BCUT2D eigenvalue weighted by molar-refractivity contribution is 14.0. The second kappa shape index (κ2) is 12.6. The van der Waals surface area contributed by atoms with Crippen molar-refractivity contribution in [2.24, 2.45) is 10.4 Å². The van der Waals surface area contributed by atoms with Crippen LogP contribution in [0, 0.1) is 5.41 Å². The smallest absolute Gasteiger partial charge is 0.252 e. The third-order valence-electron chi connectivity index (χ3n) is 4.93. The average molecular weight is 516 g/mol. The van der Waals surface area contributed by atoms with Crippen LogP contribution in [0.5, 0.6) is 0 Å². The van der Waals surface area contributed by atoms with Crippen molar-refractivity contribution in [2.75, 3.05) is 40.3 Å². The lowest BCUT2D eigenvalue weighted by Crippen LogP contribution is -2.44. The Morgan fingerprint density at radius 3 is 2.45 bits per heavy atom. The predicted molar refractivity (Wildman–Crippen MR) is 126 cm³/mol. The molecule has 1 fully saturated rings. The highest BCUT2D eigenvalue weighted by Crippen LogP contribution is 2.39. The number of guanidine groups is 1. The van der Waals surface area contributed by atoms with Crippen LogP contribution in [0.3, 0.4) is 0 Å². The van der Waals surface area contributed by atoms with Crippen molar-refractivity contribution in [2.45, 2.75) is 32.6 Å². The number of carbonyl (C=O) groups is 2. The molecule has 162 valence electrons. The first-order valence-electron chi connectivity index (χ1n) is 9.90. The first-order valence-corrected chi connectivity index (χ1v) is 9.90. The Balaban J connectivity index is 0.00000420. The van der Waals surface area contributed by atoms with Gasteiger partial charge in [0.1, 0.15) is 0 Å². The van der Waals surface area contributed by atoms with E-state index in [1.807, 2.05) is 6.92 Å². The molecule has 0 unspecified atom stereocenters. The minimum atomic E-state index is -0.389. The summed E-state index contributed by atoms with van der Waals surface area (Å²) < 4.78 is 0. The molecule has 29 heavy (non-hydrogen) atoms. The molecule has 0 saturated heterocycles. The molecule has 0 spiro atoms. The zero-order valence-corrected chi connectivity index (χ0v) is 19.9. The summed E-state index contributed by atoms with van der Waals surface area (Å²) in [6, 6.07) is 3.46. The Hall–Kier alpha value is -1.91. The van der Waals surface area contributed by atoms with Gasteiger partial charge in [-0.3, -0.25) is 19.6 Å². The summed E-state index contributed by atoms with van der Waals surface area (Å²) in [5.41, 5.74) is 0.147. The number of aromatic nitrogens is 1. The molecule has 1 heterocycles. The zero-order chi connectivity index (χ0) is 20.4. The van der Waals surface area contributed by atoms with Crippen molar-refractivity contribution in [1.29, 1.82) is 0 Å². The van der Waals surface area contributed by atoms with Gasteiger partial charge in [0.15, 0.2) is 5.96 Å². The molecule has 1 aromatic heterocycles. The van der Waals surface area contributed by atoms with Gasteiger partial charge in [-0.1, -0.05) is 12.8 Å².